The van der Waals surface area contributed by atoms with Crippen LogP contribution in [0.1, 0.15) is 5.56 Å². The van der Waals surface area contributed by atoms with E-state index in [4.69, 9.17) is 46.4 Å². The molecule has 6 heteroatoms. The van der Waals surface area contributed by atoms with Crippen molar-refractivity contribution in [3.63, 3.8) is 0 Å². The average molecular weight is 287 g/mol. The summed E-state index contributed by atoms with van der Waals surface area (Å²) in [4.78, 5) is 11.2. The van der Waals surface area contributed by atoms with Crippen molar-refractivity contribution in [2.75, 3.05) is 0 Å². The van der Waals surface area contributed by atoms with Gasteiger partial charge in [-0.3, -0.25) is 4.79 Å². The minimum absolute atomic E-state index is 0.296. The average Bonchev–Trinajstić information content (AvgIpc) is 2.15. The van der Waals surface area contributed by atoms with E-state index in [0.717, 1.165) is 5.56 Å². The molecular formula is C9H7Cl4NO. The molecule has 0 saturated heterocycles. The molecule has 1 rings (SSSR count). The van der Waals surface area contributed by atoms with Crippen LogP contribution in [0, 0.1) is 0 Å². The van der Waals surface area contributed by atoms with Gasteiger partial charge in [0.15, 0.2) is 0 Å². The first-order valence-corrected chi connectivity index (χ1v) is 5.50. The zero-order valence-corrected chi connectivity index (χ0v) is 10.5. The molecule has 15 heavy (non-hydrogen) atoms. The molecule has 0 aliphatic heterocycles. The van der Waals surface area contributed by atoms with Gasteiger partial charge in [-0.15, -0.1) is 0 Å². The maximum Gasteiger partial charge on any atom is 0.272 e. The van der Waals surface area contributed by atoms with Crippen LogP contribution in [-0.2, 0) is 11.3 Å². The van der Waals surface area contributed by atoms with E-state index >= 15 is 0 Å². The van der Waals surface area contributed by atoms with E-state index in [1.54, 1.807) is 24.3 Å². The number of nitrogens with one attached hydrogen (secondary N) is 1. The quantitative estimate of drug-likeness (QED) is 0.830. The number of rotatable bonds is 2. The monoisotopic (exact) mass is 285 g/mol. The van der Waals surface area contributed by atoms with Crippen LogP contribution >= 0.6 is 46.4 Å². The van der Waals surface area contributed by atoms with E-state index in [1.165, 1.54) is 0 Å². The van der Waals surface area contributed by atoms with Gasteiger partial charge in [0.25, 0.3) is 9.70 Å². The topological polar surface area (TPSA) is 29.1 Å². The van der Waals surface area contributed by atoms with Crippen molar-refractivity contribution in [3.8, 4) is 0 Å². The first-order chi connectivity index (χ1) is 6.89. The number of amides is 1. The predicted octanol–water partition coefficient (Wildman–Crippen LogP) is 3.33. The summed E-state index contributed by atoms with van der Waals surface area (Å²) >= 11 is 21.8. The highest BCUT2D eigenvalue weighted by atomic mass is 35.6. The molecule has 0 atom stereocenters. The van der Waals surface area contributed by atoms with Gasteiger partial charge in [0, 0.05) is 11.6 Å². The normalized spacial score (nSPS) is 11.2. The van der Waals surface area contributed by atoms with Crippen LogP contribution in [0.15, 0.2) is 24.3 Å². The van der Waals surface area contributed by atoms with Crippen molar-refractivity contribution in [2.24, 2.45) is 0 Å². The van der Waals surface area contributed by atoms with Crippen LogP contribution in [0.25, 0.3) is 0 Å². The van der Waals surface area contributed by atoms with Crippen molar-refractivity contribution in [2.45, 2.75) is 10.3 Å². The molecule has 0 aromatic heterocycles. The van der Waals surface area contributed by atoms with Crippen LogP contribution in [0.3, 0.4) is 0 Å². The lowest BCUT2D eigenvalue weighted by molar-refractivity contribution is -0.120. The number of halogens is 4. The number of carbonyl (C=O) groups is 1. The molecule has 0 aliphatic rings. The Hall–Kier alpha value is -0.150. The first kappa shape index (κ1) is 12.9. The Bertz CT molecular complexity index is 344. The molecule has 0 radical (unpaired) electrons. The Morgan fingerprint density at radius 2 is 1.73 bits per heavy atom. The molecule has 0 unspecified atom stereocenters. The van der Waals surface area contributed by atoms with Crippen molar-refractivity contribution < 1.29 is 4.79 Å². The third-order valence-electron chi connectivity index (χ3n) is 1.62. The predicted molar refractivity (Wildman–Crippen MR) is 63.6 cm³/mol. The lowest BCUT2D eigenvalue weighted by Crippen LogP contribution is -2.33. The van der Waals surface area contributed by atoms with Gasteiger partial charge in [-0.25, -0.2) is 0 Å². The minimum atomic E-state index is -1.92. The van der Waals surface area contributed by atoms with Gasteiger partial charge < -0.3 is 5.32 Å². The molecular weight excluding hydrogens is 280 g/mol. The Kier molecular flexibility index (Phi) is 4.53. The number of benzene rings is 1. The summed E-state index contributed by atoms with van der Waals surface area (Å²) in [6.45, 7) is 0.296. The van der Waals surface area contributed by atoms with Crippen molar-refractivity contribution >= 4 is 52.3 Å². The summed E-state index contributed by atoms with van der Waals surface area (Å²) in [5.41, 5.74) is 0.877. The van der Waals surface area contributed by atoms with E-state index in [2.05, 4.69) is 5.32 Å². The van der Waals surface area contributed by atoms with Crippen LogP contribution in [0.5, 0.6) is 0 Å². The molecule has 0 bridgehead atoms. The largest absolute Gasteiger partial charge is 0.348 e. The Balaban J connectivity index is 2.51. The first-order valence-electron chi connectivity index (χ1n) is 3.99. The maximum atomic E-state index is 11.2. The summed E-state index contributed by atoms with van der Waals surface area (Å²) in [6.07, 6.45) is 0. The number of carbonyl (C=O) groups excluding carboxylic acids is 1. The standard InChI is InChI=1S/C9H7Cl4NO/c10-7-3-1-6(2-4-7)5-14-8(15)9(11,12)13/h1-4H,5H2,(H,14,15). The lowest BCUT2D eigenvalue weighted by Gasteiger charge is -2.11. The van der Waals surface area contributed by atoms with Crippen molar-refractivity contribution in [1.82, 2.24) is 5.32 Å². The molecule has 1 N–H and O–H groups in total. The fourth-order valence-electron chi connectivity index (χ4n) is 0.885. The third kappa shape index (κ3) is 4.47. The van der Waals surface area contributed by atoms with Gasteiger partial charge in [0.2, 0.25) is 0 Å². The second-order valence-electron chi connectivity index (χ2n) is 2.81. The summed E-state index contributed by atoms with van der Waals surface area (Å²) < 4.78 is -1.92. The van der Waals surface area contributed by atoms with Gasteiger partial charge in [0.05, 0.1) is 0 Å². The summed E-state index contributed by atoms with van der Waals surface area (Å²) in [7, 11) is 0. The van der Waals surface area contributed by atoms with Crippen LogP contribution < -0.4 is 5.32 Å². The van der Waals surface area contributed by atoms with Crippen LogP contribution in [0.4, 0.5) is 0 Å². The molecule has 1 aromatic carbocycles. The van der Waals surface area contributed by atoms with Gasteiger partial charge >= 0.3 is 0 Å². The maximum absolute atomic E-state index is 11.2. The highest BCUT2D eigenvalue weighted by Gasteiger charge is 2.29. The van der Waals surface area contributed by atoms with Crippen molar-refractivity contribution in [3.05, 3.63) is 34.9 Å². The highest BCUT2D eigenvalue weighted by Crippen LogP contribution is 2.25. The Morgan fingerprint density at radius 1 is 1.20 bits per heavy atom. The molecule has 0 saturated carbocycles. The lowest BCUT2D eigenvalue weighted by atomic mass is 10.2. The summed E-state index contributed by atoms with van der Waals surface area (Å²) in [5.74, 6) is -0.651. The van der Waals surface area contributed by atoms with Gasteiger partial charge in [-0.1, -0.05) is 58.5 Å². The molecule has 0 spiro atoms. The minimum Gasteiger partial charge on any atom is -0.348 e. The molecule has 1 amide bonds. The van der Waals surface area contributed by atoms with E-state index in [-0.39, 0.29) is 0 Å². The molecule has 82 valence electrons. The summed E-state index contributed by atoms with van der Waals surface area (Å²) in [6, 6.07) is 7.00. The molecule has 0 aliphatic carbocycles. The van der Waals surface area contributed by atoms with E-state index in [1.807, 2.05) is 0 Å². The van der Waals surface area contributed by atoms with Gasteiger partial charge in [0.1, 0.15) is 0 Å². The molecule has 2 nitrogen and oxygen atoms in total. The number of alkyl halides is 3. The highest BCUT2D eigenvalue weighted by molar-refractivity contribution is 6.76. The van der Waals surface area contributed by atoms with Gasteiger partial charge in [-0.05, 0) is 17.7 Å². The second kappa shape index (κ2) is 5.26. The molecule has 0 heterocycles. The zero-order chi connectivity index (χ0) is 11.5. The SMILES string of the molecule is O=C(NCc1ccc(Cl)cc1)C(Cl)(Cl)Cl. The fraction of sp³-hybridized carbons (Fsp3) is 0.222. The summed E-state index contributed by atoms with van der Waals surface area (Å²) in [5, 5.41) is 3.11. The third-order valence-corrected chi connectivity index (χ3v) is 2.39. The number of hydrogen-bond acceptors (Lipinski definition) is 1. The second-order valence-corrected chi connectivity index (χ2v) is 5.52. The van der Waals surface area contributed by atoms with Crippen molar-refractivity contribution in [1.29, 1.82) is 0 Å². The van der Waals surface area contributed by atoms with Crippen LogP contribution in [-0.4, -0.2) is 9.70 Å². The Morgan fingerprint density at radius 3 is 2.20 bits per heavy atom. The van der Waals surface area contributed by atoms with E-state index in [9.17, 15) is 4.79 Å². The van der Waals surface area contributed by atoms with E-state index < -0.39 is 9.70 Å². The van der Waals surface area contributed by atoms with Gasteiger partial charge in [-0.2, -0.15) is 0 Å². The molecule has 1 aromatic rings. The zero-order valence-electron chi connectivity index (χ0n) is 7.44. The fourth-order valence-corrected chi connectivity index (χ4v) is 1.21. The van der Waals surface area contributed by atoms with Crippen LogP contribution in [0.2, 0.25) is 5.02 Å². The number of hydrogen-bond donors (Lipinski definition) is 1. The smallest absolute Gasteiger partial charge is 0.272 e. The van der Waals surface area contributed by atoms with E-state index in [0.29, 0.717) is 11.6 Å². The molecule has 0 fully saturated rings. The Labute approximate surface area is 107 Å².